The molecule has 1 heterocycles. The minimum absolute atomic E-state index is 0.229. The van der Waals surface area contributed by atoms with Gasteiger partial charge in [-0.05, 0) is 48.1 Å². The van der Waals surface area contributed by atoms with Crippen LogP contribution >= 0.6 is 11.3 Å². The summed E-state index contributed by atoms with van der Waals surface area (Å²) in [6, 6.07) is 2.35. The Labute approximate surface area is 82.4 Å². The molecule has 0 atom stereocenters. The van der Waals surface area contributed by atoms with Gasteiger partial charge in [-0.15, -0.1) is 0 Å². The molecule has 1 fully saturated rings. The van der Waals surface area contributed by atoms with Crippen LogP contribution in [0.1, 0.15) is 24.8 Å². The summed E-state index contributed by atoms with van der Waals surface area (Å²) in [6.45, 7) is 0. The maximum Gasteiger partial charge on any atom is 0.0680 e. The van der Waals surface area contributed by atoms with Gasteiger partial charge in [-0.1, -0.05) is 0 Å². The van der Waals surface area contributed by atoms with Crippen LogP contribution in [0.25, 0.3) is 0 Å². The molecular weight excluding hydrogens is 182 g/mol. The summed E-state index contributed by atoms with van der Waals surface area (Å²) in [5.41, 5.74) is 6.52. The summed E-state index contributed by atoms with van der Waals surface area (Å²) in [7, 11) is 0. The van der Waals surface area contributed by atoms with Crippen molar-refractivity contribution in [2.24, 2.45) is 5.73 Å². The molecule has 13 heavy (non-hydrogen) atoms. The zero-order valence-corrected chi connectivity index (χ0v) is 8.39. The van der Waals surface area contributed by atoms with Crippen LogP contribution in [-0.4, -0.2) is 16.7 Å². The molecule has 2 rings (SSSR count). The lowest BCUT2D eigenvalue weighted by molar-refractivity contribution is -0.0526. The zero-order chi connectivity index (χ0) is 9.31. The van der Waals surface area contributed by atoms with Gasteiger partial charge < -0.3 is 10.8 Å². The minimum Gasteiger partial charge on any atom is -0.390 e. The maximum absolute atomic E-state index is 9.90. The number of aryl methyl sites for hydroxylation is 1. The summed E-state index contributed by atoms with van der Waals surface area (Å²) in [5, 5.41) is 14.1. The highest BCUT2D eigenvalue weighted by Gasteiger charge is 2.39. The van der Waals surface area contributed by atoms with Crippen molar-refractivity contribution in [2.45, 2.75) is 37.3 Å². The third kappa shape index (κ3) is 2.10. The van der Waals surface area contributed by atoms with Crippen LogP contribution in [0.4, 0.5) is 0 Å². The summed E-state index contributed by atoms with van der Waals surface area (Å²) in [5.74, 6) is 0. The number of aliphatic hydroxyl groups is 1. The highest BCUT2D eigenvalue weighted by atomic mass is 32.1. The van der Waals surface area contributed by atoms with E-state index in [4.69, 9.17) is 5.73 Å². The summed E-state index contributed by atoms with van der Waals surface area (Å²) in [4.78, 5) is 0. The third-order valence-corrected chi connectivity index (χ3v) is 3.48. The van der Waals surface area contributed by atoms with Gasteiger partial charge in [0.2, 0.25) is 0 Å². The largest absolute Gasteiger partial charge is 0.390 e. The molecule has 1 aromatic rings. The van der Waals surface area contributed by atoms with Gasteiger partial charge in [-0.3, -0.25) is 0 Å². The average Bonchev–Trinajstić information content (AvgIpc) is 2.50. The predicted octanol–water partition coefficient (Wildman–Crippen LogP) is 1.53. The van der Waals surface area contributed by atoms with Gasteiger partial charge in [0.1, 0.15) is 0 Å². The standard InChI is InChI=1S/C10H15NOS/c11-9-5-10(12,6-9)3-1-8-2-4-13-7-8/h2,4,7,9,12H,1,3,5-6,11H2. The number of nitrogens with two attached hydrogens (primary N) is 1. The van der Waals surface area contributed by atoms with Crippen molar-refractivity contribution < 1.29 is 5.11 Å². The van der Waals surface area contributed by atoms with Crippen molar-refractivity contribution in [1.29, 1.82) is 0 Å². The Morgan fingerprint density at radius 1 is 1.62 bits per heavy atom. The van der Waals surface area contributed by atoms with E-state index in [0.717, 1.165) is 25.7 Å². The smallest absolute Gasteiger partial charge is 0.0680 e. The van der Waals surface area contributed by atoms with E-state index in [-0.39, 0.29) is 6.04 Å². The molecule has 1 aliphatic rings. The first-order valence-electron chi connectivity index (χ1n) is 4.67. The Kier molecular flexibility index (Phi) is 2.41. The van der Waals surface area contributed by atoms with Gasteiger partial charge >= 0.3 is 0 Å². The fourth-order valence-electron chi connectivity index (χ4n) is 1.93. The van der Waals surface area contributed by atoms with Crippen LogP contribution in [0.3, 0.4) is 0 Å². The highest BCUT2D eigenvalue weighted by Crippen LogP contribution is 2.34. The first kappa shape index (κ1) is 9.19. The van der Waals surface area contributed by atoms with Gasteiger partial charge in [0.25, 0.3) is 0 Å². The number of hydrogen-bond donors (Lipinski definition) is 2. The van der Waals surface area contributed by atoms with E-state index in [1.54, 1.807) is 11.3 Å². The van der Waals surface area contributed by atoms with Crippen LogP contribution < -0.4 is 5.73 Å². The van der Waals surface area contributed by atoms with E-state index in [2.05, 4.69) is 16.8 Å². The summed E-state index contributed by atoms with van der Waals surface area (Å²) < 4.78 is 0. The van der Waals surface area contributed by atoms with Gasteiger partial charge in [0.15, 0.2) is 0 Å². The van der Waals surface area contributed by atoms with E-state index in [1.807, 2.05) is 0 Å². The van der Waals surface area contributed by atoms with E-state index in [9.17, 15) is 5.11 Å². The molecule has 0 amide bonds. The molecule has 1 aromatic heterocycles. The normalized spacial score (nSPS) is 32.9. The van der Waals surface area contributed by atoms with Crippen molar-refractivity contribution in [3.63, 3.8) is 0 Å². The molecule has 0 unspecified atom stereocenters. The molecule has 0 aliphatic heterocycles. The van der Waals surface area contributed by atoms with E-state index >= 15 is 0 Å². The van der Waals surface area contributed by atoms with Crippen molar-refractivity contribution in [2.75, 3.05) is 0 Å². The summed E-state index contributed by atoms with van der Waals surface area (Å²) in [6.07, 6.45) is 3.39. The van der Waals surface area contributed by atoms with Crippen LogP contribution in [0.15, 0.2) is 16.8 Å². The van der Waals surface area contributed by atoms with E-state index in [1.165, 1.54) is 5.56 Å². The lowest BCUT2D eigenvalue weighted by Crippen LogP contribution is -2.51. The average molecular weight is 197 g/mol. The monoisotopic (exact) mass is 197 g/mol. The Bertz CT molecular complexity index is 264. The Morgan fingerprint density at radius 2 is 2.38 bits per heavy atom. The van der Waals surface area contributed by atoms with Crippen LogP contribution in [0.2, 0.25) is 0 Å². The van der Waals surface area contributed by atoms with E-state index < -0.39 is 5.60 Å². The predicted molar refractivity (Wildman–Crippen MR) is 54.8 cm³/mol. The van der Waals surface area contributed by atoms with Crippen molar-refractivity contribution in [3.05, 3.63) is 22.4 Å². The number of thiophene rings is 1. The molecular formula is C10H15NOS. The Morgan fingerprint density at radius 3 is 2.92 bits per heavy atom. The SMILES string of the molecule is NC1CC(O)(CCc2ccsc2)C1. The van der Waals surface area contributed by atoms with Gasteiger partial charge in [0, 0.05) is 6.04 Å². The molecule has 0 aromatic carbocycles. The van der Waals surface area contributed by atoms with Gasteiger partial charge in [-0.25, -0.2) is 0 Å². The molecule has 3 heteroatoms. The molecule has 3 N–H and O–H groups in total. The molecule has 2 nitrogen and oxygen atoms in total. The minimum atomic E-state index is -0.457. The fourth-order valence-corrected chi connectivity index (χ4v) is 2.64. The van der Waals surface area contributed by atoms with Crippen LogP contribution in [0, 0.1) is 0 Å². The lowest BCUT2D eigenvalue weighted by Gasteiger charge is -2.41. The molecule has 0 radical (unpaired) electrons. The molecule has 0 saturated heterocycles. The second-order valence-electron chi connectivity index (χ2n) is 4.02. The van der Waals surface area contributed by atoms with E-state index in [0.29, 0.717) is 0 Å². The fraction of sp³-hybridized carbons (Fsp3) is 0.600. The second kappa shape index (κ2) is 3.40. The molecule has 0 spiro atoms. The van der Waals surface area contributed by atoms with Gasteiger partial charge in [-0.2, -0.15) is 11.3 Å². The zero-order valence-electron chi connectivity index (χ0n) is 7.57. The lowest BCUT2D eigenvalue weighted by atomic mass is 9.73. The van der Waals surface area contributed by atoms with Crippen molar-refractivity contribution >= 4 is 11.3 Å². The number of rotatable bonds is 3. The highest BCUT2D eigenvalue weighted by molar-refractivity contribution is 7.07. The van der Waals surface area contributed by atoms with Gasteiger partial charge in [0.05, 0.1) is 5.60 Å². The van der Waals surface area contributed by atoms with Crippen molar-refractivity contribution in [1.82, 2.24) is 0 Å². The third-order valence-electron chi connectivity index (χ3n) is 2.74. The van der Waals surface area contributed by atoms with Crippen molar-refractivity contribution in [3.8, 4) is 0 Å². The topological polar surface area (TPSA) is 46.2 Å². The second-order valence-corrected chi connectivity index (χ2v) is 4.80. The Balaban J connectivity index is 1.80. The first-order valence-corrected chi connectivity index (χ1v) is 5.61. The maximum atomic E-state index is 9.90. The number of hydrogen-bond acceptors (Lipinski definition) is 3. The summed E-state index contributed by atoms with van der Waals surface area (Å²) >= 11 is 1.71. The molecule has 72 valence electrons. The molecule has 0 bridgehead atoms. The molecule has 1 aliphatic carbocycles. The first-order chi connectivity index (χ1) is 6.18. The molecule has 1 saturated carbocycles. The Hall–Kier alpha value is -0.380. The van der Waals surface area contributed by atoms with Crippen LogP contribution in [0.5, 0.6) is 0 Å². The van der Waals surface area contributed by atoms with Crippen LogP contribution in [-0.2, 0) is 6.42 Å². The quantitative estimate of drug-likeness (QED) is 0.772.